The summed E-state index contributed by atoms with van der Waals surface area (Å²) >= 11 is 0. The maximum absolute atomic E-state index is 12.6. The first-order valence-electron chi connectivity index (χ1n) is 10.4. The molecule has 2 aliphatic rings. The van der Waals surface area contributed by atoms with Gasteiger partial charge in [-0.2, -0.15) is 0 Å². The van der Waals surface area contributed by atoms with Crippen LogP contribution >= 0.6 is 12.4 Å². The van der Waals surface area contributed by atoms with Crippen molar-refractivity contribution in [3.63, 3.8) is 0 Å². The Hall–Kier alpha value is -1.59. The van der Waals surface area contributed by atoms with Crippen molar-refractivity contribution in [3.8, 4) is 0 Å². The molecular weight excluding hydrogens is 374 g/mol. The molecule has 28 heavy (non-hydrogen) atoms. The number of unbranched alkanes of at least 4 members (excludes halogenated alkanes) is 1. The van der Waals surface area contributed by atoms with Gasteiger partial charge in [0.15, 0.2) is 0 Å². The van der Waals surface area contributed by atoms with E-state index in [1.54, 1.807) is 0 Å². The second-order valence-corrected chi connectivity index (χ2v) is 8.31. The molecule has 6 heteroatoms. The van der Waals surface area contributed by atoms with Gasteiger partial charge >= 0.3 is 0 Å². The Bertz CT molecular complexity index is 644. The summed E-state index contributed by atoms with van der Waals surface area (Å²) in [6, 6.07) is 9.83. The number of carbonyl (C=O) groups is 2. The van der Waals surface area contributed by atoms with Gasteiger partial charge in [-0.25, -0.2) is 0 Å². The van der Waals surface area contributed by atoms with Gasteiger partial charge < -0.3 is 15.5 Å². The van der Waals surface area contributed by atoms with Gasteiger partial charge in [-0.15, -0.1) is 12.4 Å². The molecule has 1 aromatic carbocycles. The summed E-state index contributed by atoms with van der Waals surface area (Å²) in [7, 11) is 0. The molecule has 0 unspecified atom stereocenters. The Kier molecular flexibility index (Phi) is 8.32. The highest BCUT2D eigenvalue weighted by Crippen LogP contribution is 2.40. The molecule has 2 N–H and O–H groups in total. The smallest absolute Gasteiger partial charge is 0.239 e. The molecule has 1 atom stereocenters. The summed E-state index contributed by atoms with van der Waals surface area (Å²) in [4.78, 5) is 29.0. The van der Waals surface area contributed by atoms with Gasteiger partial charge in [0.05, 0.1) is 6.04 Å². The van der Waals surface area contributed by atoms with E-state index < -0.39 is 0 Å². The highest BCUT2D eigenvalue weighted by Gasteiger charge is 2.42. The van der Waals surface area contributed by atoms with Gasteiger partial charge in [0.25, 0.3) is 0 Å². The van der Waals surface area contributed by atoms with Gasteiger partial charge in [-0.3, -0.25) is 9.59 Å². The average molecular weight is 408 g/mol. The summed E-state index contributed by atoms with van der Waals surface area (Å²) < 4.78 is 0. The molecule has 0 saturated carbocycles. The molecule has 2 fully saturated rings. The summed E-state index contributed by atoms with van der Waals surface area (Å²) in [6.07, 6.45) is 6.35. The second-order valence-electron chi connectivity index (χ2n) is 8.31. The molecule has 2 heterocycles. The first-order chi connectivity index (χ1) is 13.0. The SMILES string of the molecule is CCCC[C@H](N)C(=O)N1CCC2(CCC(=O)N(Cc3ccccc3)C2)CC1.Cl. The van der Waals surface area contributed by atoms with Crippen LogP contribution in [-0.4, -0.2) is 47.3 Å². The monoisotopic (exact) mass is 407 g/mol. The number of benzene rings is 1. The number of halogens is 1. The van der Waals surface area contributed by atoms with E-state index in [1.165, 1.54) is 5.56 Å². The third-order valence-electron chi connectivity index (χ3n) is 6.29. The molecule has 1 spiro atoms. The molecule has 0 aliphatic carbocycles. The predicted octanol–water partition coefficient (Wildman–Crippen LogP) is 3.36. The van der Waals surface area contributed by atoms with Crippen molar-refractivity contribution < 1.29 is 9.59 Å². The number of hydrogen-bond acceptors (Lipinski definition) is 3. The van der Waals surface area contributed by atoms with Gasteiger partial charge in [-0.05, 0) is 36.7 Å². The molecular formula is C22H34ClN3O2. The molecule has 5 nitrogen and oxygen atoms in total. The van der Waals surface area contributed by atoms with Crippen LogP contribution in [-0.2, 0) is 16.1 Å². The van der Waals surface area contributed by atoms with Crippen molar-refractivity contribution >= 4 is 24.2 Å². The highest BCUT2D eigenvalue weighted by atomic mass is 35.5. The van der Waals surface area contributed by atoms with Crippen molar-refractivity contribution in [2.75, 3.05) is 19.6 Å². The quantitative estimate of drug-likeness (QED) is 0.786. The predicted molar refractivity (Wildman–Crippen MR) is 114 cm³/mol. The summed E-state index contributed by atoms with van der Waals surface area (Å²) in [5.41, 5.74) is 7.42. The lowest BCUT2D eigenvalue weighted by Crippen LogP contribution is -2.54. The second kappa shape index (κ2) is 10.3. The number of hydrogen-bond donors (Lipinski definition) is 1. The molecule has 0 aromatic heterocycles. The number of nitrogens with two attached hydrogens (primary N) is 1. The Morgan fingerprint density at radius 1 is 1.18 bits per heavy atom. The van der Waals surface area contributed by atoms with Gasteiger partial charge in [0.2, 0.25) is 11.8 Å². The fraction of sp³-hybridized carbons (Fsp3) is 0.636. The lowest BCUT2D eigenvalue weighted by atomic mass is 9.72. The van der Waals surface area contributed by atoms with Crippen molar-refractivity contribution in [2.45, 2.75) is 64.5 Å². The van der Waals surface area contributed by atoms with Crippen LogP contribution in [0.15, 0.2) is 30.3 Å². The van der Waals surface area contributed by atoms with Crippen molar-refractivity contribution in [1.29, 1.82) is 0 Å². The van der Waals surface area contributed by atoms with E-state index in [2.05, 4.69) is 19.1 Å². The number of rotatable bonds is 6. The summed E-state index contributed by atoms with van der Waals surface area (Å²) in [5, 5.41) is 0. The lowest BCUT2D eigenvalue weighted by Gasteiger charge is -2.47. The van der Waals surface area contributed by atoms with Crippen molar-refractivity contribution in [3.05, 3.63) is 35.9 Å². The fourth-order valence-corrected chi connectivity index (χ4v) is 4.44. The first-order valence-corrected chi connectivity index (χ1v) is 10.4. The Labute approximate surface area is 175 Å². The zero-order chi connectivity index (χ0) is 19.3. The molecule has 2 amide bonds. The third kappa shape index (κ3) is 5.48. The van der Waals surface area contributed by atoms with Crippen LogP contribution in [0.2, 0.25) is 0 Å². The Morgan fingerprint density at radius 2 is 1.86 bits per heavy atom. The highest BCUT2D eigenvalue weighted by molar-refractivity contribution is 5.85. The van der Waals surface area contributed by atoms with E-state index in [0.29, 0.717) is 13.0 Å². The standard InChI is InChI=1S/C22H33N3O2.ClH/c1-2-3-9-19(23)21(27)24-14-12-22(13-15-24)11-10-20(26)25(17-22)16-18-7-5-4-6-8-18;/h4-8,19H,2-3,9-17,23H2,1H3;1H/t19-;/m0./s1. The maximum Gasteiger partial charge on any atom is 0.239 e. The number of piperidine rings is 2. The van der Waals surface area contributed by atoms with Crippen LogP contribution in [0.5, 0.6) is 0 Å². The van der Waals surface area contributed by atoms with Crippen LogP contribution in [0, 0.1) is 5.41 Å². The molecule has 2 saturated heterocycles. The minimum absolute atomic E-state index is 0. The average Bonchev–Trinajstić information content (AvgIpc) is 2.70. The fourth-order valence-electron chi connectivity index (χ4n) is 4.44. The molecule has 1 aromatic rings. The Balaban J connectivity index is 0.00000280. The lowest BCUT2D eigenvalue weighted by molar-refractivity contribution is -0.143. The minimum atomic E-state index is -0.360. The summed E-state index contributed by atoms with van der Waals surface area (Å²) in [5.74, 6) is 0.357. The Morgan fingerprint density at radius 3 is 2.50 bits per heavy atom. The van der Waals surface area contributed by atoms with Gasteiger partial charge in [0.1, 0.15) is 0 Å². The first kappa shape index (κ1) is 22.7. The van der Waals surface area contributed by atoms with E-state index in [4.69, 9.17) is 5.73 Å². The zero-order valence-corrected chi connectivity index (χ0v) is 17.8. The molecule has 0 radical (unpaired) electrons. The number of carbonyl (C=O) groups excluding carboxylic acids is 2. The van der Waals surface area contributed by atoms with Crippen LogP contribution in [0.4, 0.5) is 0 Å². The number of nitrogens with zero attached hydrogens (tertiary/aromatic N) is 2. The zero-order valence-electron chi connectivity index (χ0n) is 16.9. The molecule has 2 aliphatic heterocycles. The van der Waals surface area contributed by atoms with Crippen LogP contribution in [0.25, 0.3) is 0 Å². The van der Waals surface area contributed by atoms with Crippen LogP contribution in [0.1, 0.15) is 57.4 Å². The van der Waals surface area contributed by atoms with E-state index in [-0.39, 0.29) is 35.7 Å². The minimum Gasteiger partial charge on any atom is -0.341 e. The van der Waals surface area contributed by atoms with Crippen LogP contribution < -0.4 is 5.73 Å². The van der Waals surface area contributed by atoms with Crippen LogP contribution in [0.3, 0.4) is 0 Å². The number of likely N-dealkylation sites (tertiary alicyclic amines) is 2. The van der Waals surface area contributed by atoms with Crippen molar-refractivity contribution in [2.24, 2.45) is 11.1 Å². The normalized spacial score (nSPS) is 20.0. The van der Waals surface area contributed by atoms with Crippen molar-refractivity contribution in [1.82, 2.24) is 9.80 Å². The summed E-state index contributed by atoms with van der Waals surface area (Å²) in [6.45, 7) is 5.15. The van der Waals surface area contributed by atoms with E-state index in [1.807, 2.05) is 28.0 Å². The topological polar surface area (TPSA) is 66.6 Å². The largest absolute Gasteiger partial charge is 0.341 e. The van der Waals surface area contributed by atoms with Gasteiger partial charge in [-0.1, -0.05) is 50.1 Å². The molecule has 0 bridgehead atoms. The van der Waals surface area contributed by atoms with E-state index in [0.717, 1.165) is 58.2 Å². The molecule has 3 rings (SSSR count). The maximum atomic E-state index is 12.6. The van der Waals surface area contributed by atoms with Gasteiger partial charge in [0, 0.05) is 32.6 Å². The number of amides is 2. The third-order valence-corrected chi connectivity index (χ3v) is 6.29. The molecule has 156 valence electrons. The van der Waals surface area contributed by atoms with E-state index >= 15 is 0 Å². The van der Waals surface area contributed by atoms with E-state index in [9.17, 15) is 9.59 Å².